The van der Waals surface area contributed by atoms with Crippen LogP contribution < -0.4 is 14.8 Å². The predicted molar refractivity (Wildman–Crippen MR) is 123 cm³/mol. The molecule has 3 rings (SSSR count). The molecule has 31 heavy (non-hydrogen) atoms. The van der Waals surface area contributed by atoms with E-state index in [-0.39, 0.29) is 18.2 Å². The van der Waals surface area contributed by atoms with E-state index in [0.717, 1.165) is 6.42 Å². The first-order valence-electron chi connectivity index (χ1n) is 9.83. The van der Waals surface area contributed by atoms with E-state index in [1.807, 2.05) is 19.2 Å². The zero-order valence-corrected chi connectivity index (χ0v) is 19.1. The van der Waals surface area contributed by atoms with E-state index in [1.54, 1.807) is 41.7 Å². The number of carbonyl (C=O) groups is 1. The van der Waals surface area contributed by atoms with Gasteiger partial charge >= 0.3 is 0 Å². The lowest BCUT2D eigenvalue weighted by molar-refractivity contribution is 0.102. The van der Waals surface area contributed by atoms with Crippen LogP contribution in [0.1, 0.15) is 35.3 Å². The summed E-state index contributed by atoms with van der Waals surface area (Å²) in [6, 6.07) is 10.4. The largest absolute Gasteiger partial charge is 0.493 e. The highest BCUT2D eigenvalue weighted by molar-refractivity contribution is 7.37. The first-order chi connectivity index (χ1) is 14.9. The number of pyridine rings is 1. The van der Waals surface area contributed by atoms with Gasteiger partial charge in [-0.25, -0.2) is 4.98 Å². The van der Waals surface area contributed by atoms with Crippen LogP contribution in [0, 0.1) is 0 Å². The minimum absolute atomic E-state index is 0.0508. The van der Waals surface area contributed by atoms with Gasteiger partial charge in [-0.15, -0.1) is 0 Å². The second kappa shape index (κ2) is 11.1. The molecule has 0 radical (unpaired) electrons. The molecule has 0 spiro atoms. The van der Waals surface area contributed by atoms with Gasteiger partial charge in [0.2, 0.25) is 0 Å². The Kier molecular flexibility index (Phi) is 8.23. The van der Waals surface area contributed by atoms with Gasteiger partial charge < -0.3 is 19.7 Å². The molecule has 0 bridgehead atoms. The molecule has 0 saturated carbocycles. The molecule has 164 valence electrons. The van der Waals surface area contributed by atoms with Crippen LogP contribution in [0.3, 0.4) is 0 Å². The highest BCUT2D eigenvalue weighted by Crippen LogP contribution is 2.25. The molecule has 0 fully saturated rings. The standard InChI is InChI=1S/C22H25N2O5PS/c1-15(2)29-20-10-18(9-19(11-20)28-7-5-16-6-8-31-14-16)22(25)24-21-4-3-17(12-23-21)13-30(26)27/h3-4,6,8-12,14-15,30H,5,7,13H2,1-2H3,(H,26,27)(H,23,24,25). The molecule has 0 aliphatic carbocycles. The number of nitrogens with one attached hydrogen (secondary N) is 1. The smallest absolute Gasteiger partial charge is 0.257 e. The molecule has 1 atom stereocenters. The summed E-state index contributed by atoms with van der Waals surface area (Å²) in [6.45, 7) is 4.31. The normalized spacial score (nSPS) is 11.9. The number of nitrogens with zero attached hydrogens (tertiary/aromatic N) is 1. The topological polar surface area (TPSA) is 97.8 Å². The molecule has 3 aromatic rings. The van der Waals surface area contributed by atoms with Gasteiger partial charge in [0.05, 0.1) is 12.7 Å². The first-order valence-corrected chi connectivity index (χ1v) is 12.3. The highest BCUT2D eigenvalue weighted by atomic mass is 32.1. The van der Waals surface area contributed by atoms with Gasteiger partial charge in [0.1, 0.15) is 17.3 Å². The minimum Gasteiger partial charge on any atom is -0.493 e. The molecule has 1 aromatic carbocycles. The van der Waals surface area contributed by atoms with Gasteiger partial charge in [-0.2, -0.15) is 11.3 Å². The molecule has 2 aromatic heterocycles. The van der Waals surface area contributed by atoms with Crippen LogP contribution in [0.25, 0.3) is 0 Å². The number of carbonyl (C=O) groups excluding carboxylic acids is 1. The number of rotatable bonds is 10. The number of hydrogen-bond donors (Lipinski definition) is 2. The highest BCUT2D eigenvalue weighted by Gasteiger charge is 2.13. The molecule has 7 nitrogen and oxygen atoms in total. The number of amides is 1. The molecule has 0 saturated heterocycles. The van der Waals surface area contributed by atoms with Gasteiger partial charge in [0.15, 0.2) is 8.03 Å². The predicted octanol–water partition coefficient (Wildman–Crippen LogP) is 4.77. The Morgan fingerprint density at radius 1 is 1.19 bits per heavy atom. The average molecular weight is 460 g/mol. The van der Waals surface area contributed by atoms with Gasteiger partial charge in [0.25, 0.3) is 5.91 Å². The van der Waals surface area contributed by atoms with Crippen LogP contribution in [-0.4, -0.2) is 28.5 Å². The van der Waals surface area contributed by atoms with Crippen LogP contribution in [0.15, 0.2) is 53.4 Å². The van der Waals surface area contributed by atoms with Crippen molar-refractivity contribution >= 4 is 31.1 Å². The van der Waals surface area contributed by atoms with Gasteiger partial charge in [-0.1, -0.05) is 6.07 Å². The Labute approximate surface area is 185 Å². The molecule has 1 amide bonds. The zero-order valence-electron chi connectivity index (χ0n) is 17.3. The van der Waals surface area contributed by atoms with Crippen molar-refractivity contribution in [3.63, 3.8) is 0 Å². The second-order valence-corrected chi connectivity index (χ2v) is 9.09. The van der Waals surface area contributed by atoms with Crippen molar-refractivity contribution in [1.82, 2.24) is 4.98 Å². The summed E-state index contributed by atoms with van der Waals surface area (Å²) in [4.78, 5) is 25.9. The van der Waals surface area contributed by atoms with Crippen molar-refractivity contribution in [1.29, 1.82) is 0 Å². The van der Waals surface area contributed by atoms with Crippen molar-refractivity contribution in [2.45, 2.75) is 32.5 Å². The van der Waals surface area contributed by atoms with Crippen molar-refractivity contribution in [3.05, 3.63) is 70.0 Å². The third-order valence-electron chi connectivity index (χ3n) is 4.18. The minimum atomic E-state index is -2.61. The van der Waals surface area contributed by atoms with E-state index >= 15 is 0 Å². The van der Waals surface area contributed by atoms with Gasteiger partial charge in [-0.05, 0) is 60.0 Å². The van der Waals surface area contributed by atoms with Gasteiger partial charge in [0, 0.05) is 30.4 Å². The maximum atomic E-state index is 12.8. The van der Waals surface area contributed by atoms with Crippen LogP contribution in [0.2, 0.25) is 0 Å². The molecule has 0 aliphatic heterocycles. The molecule has 9 heteroatoms. The molecular weight excluding hydrogens is 435 g/mol. The summed E-state index contributed by atoms with van der Waals surface area (Å²) in [5, 5.41) is 6.84. The molecule has 2 heterocycles. The lowest BCUT2D eigenvalue weighted by atomic mass is 10.1. The third kappa shape index (κ3) is 7.51. The number of ether oxygens (including phenoxy) is 2. The lowest BCUT2D eigenvalue weighted by Gasteiger charge is -2.14. The Morgan fingerprint density at radius 2 is 2.00 bits per heavy atom. The SMILES string of the molecule is CC(C)Oc1cc(OCCc2ccsc2)cc(C(=O)Nc2ccc(C[PH](=O)O)cn2)c1. The van der Waals surface area contributed by atoms with E-state index in [9.17, 15) is 9.36 Å². The molecular formula is C22H25N2O5PS. The summed E-state index contributed by atoms with van der Waals surface area (Å²) in [5.74, 6) is 1.09. The summed E-state index contributed by atoms with van der Waals surface area (Å²) in [5.41, 5.74) is 2.23. The fourth-order valence-electron chi connectivity index (χ4n) is 2.81. The monoisotopic (exact) mass is 460 g/mol. The van der Waals surface area contributed by atoms with Crippen molar-refractivity contribution in [2.24, 2.45) is 0 Å². The van der Waals surface area contributed by atoms with E-state index in [1.165, 1.54) is 11.8 Å². The number of aromatic nitrogens is 1. The maximum absolute atomic E-state index is 12.8. The number of anilines is 1. The molecule has 2 N–H and O–H groups in total. The number of benzene rings is 1. The van der Waals surface area contributed by atoms with Crippen molar-refractivity contribution in [3.8, 4) is 11.5 Å². The summed E-state index contributed by atoms with van der Waals surface area (Å²) in [7, 11) is -2.61. The average Bonchev–Trinajstić information content (AvgIpc) is 3.22. The summed E-state index contributed by atoms with van der Waals surface area (Å²) >= 11 is 1.65. The van der Waals surface area contributed by atoms with Crippen molar-refractivity contribution < 1.29 is 23.7 Å². The van der Waals surface area contributed by atoms with Crippen LogP contribution >= 0.6 is 19.4 Å². The summed E-state index contributed by atoms with van der Waals surface area (Å²) < 4.78 is 22.6. The zero-order chi connectivity index (χ0) is 22.2. The molecule has 1 unspecified atom stereocenters. The van der Waals surface area contributed by atoms with E-state index in [0.29, 0.717) is 35.1 Å². The number of thiophene rings is 1. The lowest BCUT2D eigenvalue weighted by Crippen LogP contribution is -2.14. The van der Waals surface area contributed by atoms with E-state index in [2.05, 4.69) is 21.7 Å². The Balaban J connectivity index is 1.71. The Hall–Kier alpha value is -2.67. The van der Waals surface area contributed by atoms with Crippen LogP contribution in [-0.2, 0) is 17.1 Å². The fraction of sp³-hybridized carbons (Fsp3) is 0.273. The van der Waals surface area contributed by atoms with Crippen LogP contribution in [0.5, 0.6) is 11.5 Å². The summed E-state index contributed by atoms with van der Waals surface area (Å²) in [6.07, 6.45) is 2.26. The Morgan fingerprint density at radius 3 is 2.65 bits per heavy atom. The van der Waals surface area contributed by atoms with Gasteiger partial charge in [-0.3, -0.25) is 9.36 Å². The second-order valence-electron chi connectivity index (χ2n) is 7.17. The molecule has 0 aliphatic rings. The maximum Gasteiger partial charge on any atom is 0.257 e. The third-order valence-corrected chi connectivity index (χ3v) is 5.62. The van der Waals surface area contributed by atoms with E-state index < -0.39 is 8.03 Å². The Bertz CT molecular complexity index is 1020. The van der Waals surface area contributed by atoms with Crippen LogP contribution in [0.4, 0.5) is 5.82 Å². The van der Waals surface area contributed by atoms with Crippen molar-refractivity contribution in [2.75, 3.05) is 11.9 Å². The fourth-order valence-corrected chi connectivity index (χ4v) is 4.08. The quantitative estimate of drug-likeness (QED) is 0.423. The number of hydrogen-bond acceptors (Lipinski definition) is 6. The van der Waals surface area contributed by atoms with E-state index in [4.69, 9.17) is 14.4 Å². The first kappa shape index (κ1) is 23.0.